The Morgan fingerprint density at radius 2 is 1.72 bits per heavy atom. The van der Waals surface area contributed by atoms with E-state index in [2.05, 4.69) is 4.57 Å². The van der Waals surface area contributed by atoms with Crippen LogP contribution in [0.25, 0.3) is 43.6 Å². The smallest absolute Gasteiger partial charge is 0.343 e. The second kappa shape index (κ2) is 6.08. The van der Waals surface area contributed by atoms with E-state index in [1.807, 2.05) is 60.1 Å². The molecule has 5 aromatic rings. The van der Waals surface area contributed by atoms with Crippen LogP contribution < -0.4 is 0 Å². The van der Waals surface area contributed by atoms with Crippen LogP contribution in [0, 0.1) is 0 Å². The number of fused-ring (bicyclic) bond motifs is 13. The number of rotatable bonds is 1. The van der Waals surface area contributed by atoms with Gasteiger partial charge in [0.15, 0.2) is 5.72 Å². The Balaban J connectivity index is 1.73. The van der Waals surface area contributed by atoms with Crippen molar-refractivity contribution in [3.8, 4) is 0 Å². The number of methoxy groups -OCH3 is 1. The highest BCUT2D eigenvalue weighted by molar-refractivity contribution is 6.31. The minimum absolute atomic E-state index is 0.000707. The molecule has 8 heteroatoms. The second-order valence-electron chi connectivity index (χ2n) is 10.3. The molecule has 3 aromatic carbocycles. The molecule has 1 N–H and O–H groups in total. The molecule has 5 heterocycles. The van der Waals surface area contributed by atoms with Gasteiger partial charge in [0.2, 0.25) is 5.60 Å². The van der Waals surface area contributed by atoms with E-state index in [1.165, 1.54) is 7.11 Å². The monoisotopic (exact) mass is 481 g/mol. The van der Waals surface area contributed by atoms with Gasteiger partial charge in [0, 0.05) is 41.6 Å². The molecule has 180 valence electrons. The van der Waals surface area contributed by atoms with Gasteiger partial charge in [-0.15, -0.1) is 0 Å². The van der Waals surface area contributed by atoms with Crippen LogP contribution >= 0.6 is 0 Å². The Morgan fingerprint density at radius 1 is 1.06 bits per heavy atom. The van der Waals surface area contributed by atoms with Crippen molar-refractivity contribution in [1.82, 2.24) is 14.0 Å². The number of ether oxygens (including phenoxy) is 2. The fourth-order valence-corrected chi connectivity index (χ4v) is 7.10. The zero-order valence-corrected chi connectivity index (χ0v) is 20.0. The Kier molecular flexibility index (Phi) is 3.44. The van der Waals surface area contributed by atoms with Crippen LogP contribution in [0.5, 0.6) is 0 Å². The molecule has 0 unspecified atom stereocenters. The van der Waals surface area contributed by atoms with Gasteiger partial charge in [-0.05, 0) is 24.6 Å². The van der Waals surface area contributed by atoms with E-state index in [-0.39, 0.29) is 12.3 Å². The number of nitrogens with zero attached hydrogens (tertiary/aromatic N) is 3. The third-order valence-corrected chi connectivity index (χ3v) is 8.66. The lowest BCUT2D eigenvalue weighted by atomic mass is 9.88. The van der Waals surface area contributed by atoms with Gasteiger partial charge in [-0.2, -0.15) is 0 Å². The number of aromatic nitrogens is 2. The third kappa shape index (κ3) is 1.93. The summed E-state index contributed by atoms with van der Waals surface area (Å²) in [7, 11) is 3.11. The number of esters is 1. The summed E-state index contributed by atoms with van der Waals surface area (Å²) < 4.78 is 15.9. The van der Waals surface area contributed by atoms with Crippen molar-refractivity contribution in [2.45, 2.75) is 37.4 Å². The minimum Gasteiger partial charge on any atom is -0.467 e. The van der Waals surface area contributed by atoms with Crippen molar-refractivity contribution < 1.29 is 24.2 Å². The molecule has 0 radical (unpaired) electrons. The van der Waals surface area contributed by atoms with E-state index in [9.17, 15) is 14.7 Å². The SMILES string of the molecule is COC(=O)[C@@]1(O)C[C@H]2O[C@]1(C)n1c3ccccc3c3c4c(c5c6ccccc6n2c5c31)C(=O)N(C)C4. The Morgan fingerprint density at radius 3 is 2.44 bits per heavy atom. The van der Waals surface area contributed by atoms with Gasteiger partial charge in [0.25, 0.3) is 5.91 Å². The summed E-state index contributed by atoms with van der Waals surface area (Å²) in [6.45, 7) is 2.25. The predicted octanol–water partition coefficient (Wildman–Crippen LogP) is 4.00. The molecule has 1 saturated heterocycles. The van der Waals surface area contributed by atoms with Crippen LogP contribution in [-0.2, 0) is 26.5 Å². The highest BCUT2D eigenvalue weighted by atomic mass is 16.6. The normalized spacial score (nSPS) is 26.6. The van der Waals surface area contributed by atoms with Gasteiger partial charge in [-0.1, -0.05) is 36.4 Å². The summed E-state index contributed by atoms with van der Waals surface area (Å²) in [6, 6.07) is 15.9. The fourth-order valence-electron chi connectivity index (χ4n) is 7.10. The van der Waals surface area contributed by atoms with Crippen molar-refractivity contribution >= 4 is 55.5 Å². The number of aliphatic hydroxyl groups is 1. The Labute approximate surface area is 205 Å². The van der Waals surface area contributed by atoms with Crippen LogP contribution in [0.1, 0.15) is 35.5 Å². The Hall–Kier alpha value is -3.88. The topological polar surface area (TPSA) is 85.9 Å². The second-order valence-corrected chi connectivity index (χ2v) is 10.3. The van der Waals surface area contributed by atoms with E-state index in [1.54, 1.807) is 11.8 Å². The molecule has 3 aliphatic rings. The van der Waals surface area contributed by atoms with E-state index in [4.69, 9.17) is 9.47 Å². The first-order chi connectivity index (χ1) is 17.3. The van der Waals surface area contributed by atoms with Gasteiger partial charge < -0.3 is 28.6 Å². The molecule has 0 saturated carbocycles. The molecule has 3 atom stereocenters. The van der Waals surface area contributed by atoms with Crippen molar-refractivity contribution in [3.63, 3.8) is 0 Å². The zero-order chi connectivity index (χ0) is 24.7. The molecular weight excluding hydrogens is 458 g/mol. The number of hydrogen-bond donors (Lipinski definition) is 1. The molecular formula is C28H23N3O5. The van der Waals surface area contributed by atoms with Crippen LogP contribution in [-0.4, -0.2) is 50.8 Å². The number of hydrogen-bond acceptors (Lipinski definition) is 5. The number of benzene rings is 3. The molecule has 36 heavy (non-hydrogen) atoms. The summed E-state index contributed by atoms with van der Waals surface area (Å²) in [4.78, 5) is 28.5. The zero-order valence-electron chi connectivity index (χ0n) is 20.0. The summed E-state index contributed by atoms with van der Waals surface area (Å²) in [5, 5.41) is 15.8. The first-order valence-electron chi connectivity index (χ1n) is 12.1. The van der Waals surface area contributed by atoms with Gasteiger partial charge in [-0.3, -0.25) is 4.79 Å². The third-order valence-electron chi connectivity index (χ3n) is 8.66. The molecule has 8 nitrogen and oxygen atoms in total. The van der Waals surface area contributed by atoms with E-state index >= 15 is 0 Å². The summed E-state index contributed by atoms with van der Waals surface area (Å²) in [6.07, 6.45) is -0.627. The summed E-state index contributed by atoms with van der Waals surface area (Å²) >= 11 is 0. The van der Waals surface area contributed by atoms with Crippen LogP contribution in [0.4, 0.5) is 0 Å². The maximum absolute atomic E-state index is 13.6. The molecule has 8 rings (SSSR count). The van der Waals surface area contributed by atoms with Gasteiger partial charge in [0.05, 0.1) is 34.7 Å². The van der Waals surface area contributed by atoms with Crippen molar-refractivity contribution in [1.29, 1.82) is 0 Å². The average Bonchev–Trinajstić information content (AvgIpc) is 3.54. The number of para-hydroxylation sites is 2. The maximum atomic E-state index is 13.6. The quantitative estimate of drug-likeness (QED) is 0.366. The van der Waals surface area contributed by atoms with Gasteiger partial charge in [-0.25, -0.2) is 4.79 Å². The largest absolute Gasteiger partial charge is 0.467 e. The van der Waals surface area contributed by atoms with E-state index < -0.39 is 23.5 Å². The number of carbonyl (C=O) groups is 2. The van der Waals surface area contributed by atoms with Crippen molar-refractivity contribution in [3.05, 3.63) is 59.7 Å². The van der Waals surface area contributed by atoms with Crippen molar-refractivity contribution in [2.24, 2.45) is 0 Å². The molecule has 3 aliphatic heterocycles. The standard InChI is InChI=1S/C28H23N3O5/c1-27-28(34,26(33)35-3)12-19(36-27)30-17-10-6-4-8-14(17)21-22-16(13-29(2)25(22)32)20-15-9-5-7-11-18(15)31(27)24(20)23(21)30/h4-11,19,34H,12-13H2,1-3H3/t19-,27+,28+/m1/s1. The van der Waals surface area contributed by atoms with Gasteiger partial charge in [0.1, 0.15) is 6.23 Å². The maximum Gasteiger partial charge on any atom is 0.343 e. The van der Waals surface area contributed by atoms with Gasteiger partial charge >= 0.3 is 5.97 Å². The molecule has 2 aromatic heterocycles. The van der Waals surface area contributed by atoms with Crippen molar-refractivity contribution in [2.75, 3.05) is 14.2 Å². The lowest BCUT2D eigenvalue weighted by Crippen LogP contribution is -2.56. The van der Waals surface area contributed by atoms with E-state index in [0.29, 0.717) is 6.54 Å². The predicted molar refractivity (Wildman–Crippen MR) is 134 cm³/mol. The molecule has 0 aliphatic carbocycles. The van der Waals surface area contributed by atoms with Crippen LogP contribution in [0.15, 0.2) is 48.5 Å². The first-order valence-corrected chi connectivity index (χ1v) is 12.1. The summed E-state index contributed by atoms with van der Waals surface area (Å²) in [5.41, 5.74) is 1.79. The average molecular weight is 482 g/mol. The first kappa shape index (κ1) is 20.3. The molecule has 1 amide bonds. The lowest BCUT2D eigenvalue weighted by molar-refractivity contribution is -0.202. The van der Waals surface area contributed by atoms with Crippen LogP contribution in [0.2, 0.25) is 0 Å². The number of amides is 1. The highest BCUT2D eigenvalue weighted by Gasteiger charge is 2.65. The Bertz CT molecular complexity index is 1870. The fraction of sp³-hybridized carbons (Fsp3) is 0.286. The number of carbonyl (C=O) groups excluding carboxylic acids is 2. The lowest BCUT2D eigenvalue weighted by Gasteiger charge is -2.37. The van der Waals surface area contributed by atoms with E-state index in [0.717, 1.165) is 54.7 Å². The molecule has 0 spiro atoms. The highest BCUT2D eigenvalue weighted by Crippen LogP contribution is 2.58. The van der Waals surface area contributed by atoms with Crippen LogP contribution in [0.3, 0.4) is 0 Å². The minimum atomic E-state index is -1.93. The molecule has 1 fully saturated rings. The summed E-state index contributed by atoms with van der Waals surface area (Å²) in [5.74, 6) is -0.732. The molecule has 2 bridgehead atoms.